The first-order chi connectivity index (χ1) is 9.72. The van der Waals surface area contributed by atoms with Crippen LogP contribution < -0.4 is 5.32 Å². The van der Waals surface area contributed by atoms with Crippen LogP contribution >= 0.6 is 0 Å². The first-order valence-corrected chi connectivity index (χ1v) is 6.75. The van der Waals surface area contributed by atoms with Crippen molar-refractivity contribution >= 4 is 12.2 Å². The lowest BCUT2D eigenvalue weighted by molar-refractivity contribution is -0.109. The van der Waals surface area contributed by atoms with Crippen molar-refractivity contribution in [1.29, 1.82) is 0 Å². The summed E-state index contributed by atoms with van der Waals surface area (Å²) in [4.78, 5) is 23.1. The van der Waals surface area contributed by atoms with E-state index in [0.717, 1.165) is 18.3 Å². The van der Waals surface area contributed by atoms with E-state index in [4.69, 9.17) is 4.74 Å². The van der Waals surface area contributed by atoms with Gasteiger partial charge in [-0.1, -0.05) is 31.2 Å². The monoisotopic (exact) mass is 275 g/mol. The molecule has 0 heterocycles. The fourth-order valence-corrected chi connectivity index (χ4v) is 1.77. The molecular weight excluding hydrogens is 254 g/mol. The molecular formula is C16H21NO3. The van der Waals surface area contributed by atoms with Crippen LogP contribution in [0.1, 0.15) is 35.7 Å². The van der Waals surface area contributed by atoms with Crippen molar-refractivity contribution < 1.29 is 14.3 Å². The van der Waals surface area contributed by atoms with E-state index >= 15 is 0 Å². The maximum absolute atomic E-state index is 12.2. The molecule has 0 unspecified atom stereocenters. The molecule has 1 rings (SSSR count). The van der Waals surface area contributed by atoms with E-state index in [1.165, 1.54) is 0 Å². The fraction of sp³-hybridized carbons (Fsp3) is 0.375. The third kappa shape index (κ3) is 4.97. The standard InChI is InChI=1S/C16H21NO3/c1-3-7-14(11-18)17-16(19)15-9-6-5-8-13(15)12-20-10-4-2/h3,5-6,8-9,11,14H,1,4,7,10,12H2,2H3,(H,17,19)/t14-/m0/s1. The van der Waals surface area contributed by atoms with Crippen molar-refractivity contribution in [2.45, 2.75) is 32.4 Å². The van der Waals surface area contributed by atoms with Gasteiger partial charge in [0.1, 0.15) is 6.29 Å². The summed E-state index contributed by atoms with van der Waals surface area (Å²) < 4.78 is 5.47. The first-order valence-electron chi connectivity index (χ1n) is 6.75. The third-order valence-electron chi connectivity index (χ3n) is 2.77. The molecule has 108 valence electrons. The Morgan fingerprint density at radius 3 is 2.85 bits per heavy atom. The molecule has 1 aromatic carbocycles. The van der Waals surface area contributed by atoms with Crippen LogP contribution in [0.25, 0.3) is 0 Å². The number of hydrogen-bond acceptors (Lipinski definition) is 3. The Morgan fingerprint density at radius 1 is 1.45 bits per heavy atom. The highest BCUT2D eigenvalue weighted by Gasteiger charge is 2.14. The van der Waals surface area contributed by atoms with E-state index in [-0.39, 0.29) is 5.91 Å². The van der Waals surface area contributed by atoms with Crippen LogP contribution in [0, 0.1) is 0 Å². The minimum atomic E-state index is -0.537. The Hall–Kier alpha value is -1.94. The number of ether oxygens (including phenoxy) is 1. The van der Waals surface area contributed by atoms with Crippen LogP contribution in [0.3, 0.4) is 0 Å². The largest absolute Gasteiger partial charge is 0.377 e. The zero-order chi connectivity index (χ0) is 14.8. The van der Waals surface area contributed by atoms with Crippen LogP contribution in [0.4, 0.5) is 0 Å². The second kappa shape index (κ2) is 9.04. The summed E-state index contributed by atoms with van der Waals surface area (Å²) in [5.74, 6) is -0.264. The molecule has 0 saturated heterocycles. The normalized spacial score (nSPS) is 11.7. The zero-order valence-corrected chi connectivity index (χ0v) is 11.8. The van der Waals surface area contributed by atoms with Crippen molar-refractivity contribution in [3.8, 4) is 0 Å². The second-order valence-corrected chi connectivity index (χ2v) is 4.45. The molecule has 1 N–H and O–H groups in total. The molecule has 20 heavy (non-hydrogen) atoms. The van der Waals surface area contributed by atoms with E-state index in [1.54, 1.807) is 18.2 Å². The molecule has 0 aliphatic heterocycles. The molecule has 1 aromatic rings. The summed E-state index contributed by atoms with van der Waals surface area (Å²) in [5, 5.41) is 2.68. The minimum absolute atomic E-state index is 0.264. The van der Waals surface area contributed by atoms with Crippen LogP contribution in [0.15, 0.2) is 36.9 Å². The lowest BCUT2D eigenvalue weighted by atomic mass is 10.1. The van der Waals surface area contributed by atoms with E-state index in [9.17, 15) is 9.59 Å². The van der Waals surface area contributed by atoms with Crippen LogP contribution in [0.2, 0.25) is 0 Å². The molecule has 1 amide bonds. The molecule has 0 aliphatic rings. The molecule has 1 atom stereocenters. The highest BCUT2D eigenvalue weighted by molar-refractivity contribution is 5.97. The predicted octanol–water partition coefficient (Wildman–Crippen LogP) is 2.49. The zero-order valence-electron chi connectivity index (χ0n) is 11.8. The summed E-state index contributed by atoms with van der Waals surface area (Å²) in [5.41, 5.74) is 1.36. The summed E-state index contributed by atoms with van der Waals surface area (Å²) >= 11 is 0. The van der Waals surface area contributed by atoms with Crippen molar-refractivity contribution in [3.63, 3.8) is 0 Å². The number of aldehydes is 1. The highest BCUT2D eigenvalue weighted by Crippen LogP contribution is 2.11. The van der Waals surface area contributed by atoms with Crippen molar-refractivity contribution in [2.24, 2.45) is 0 Å². The van der Waals surface area contributed by atoms with Gasteiger partial charge in [-0.05, 0) is 24.5 Å². The summed E-state index contributed by atoms with van der Waals surface area (Å²) in [7, 11) is 0. The smallest absolute Gasteiger partial charge is 0.252 e. The summed E-state index contributed by atoms with van der Waals surface area (Å²) in [6.45, 7) is 6.65. The molecule has 4 heteroatoms. The number of rotatable bonds is 9. The Balaban J connectivity index is 2.75. The lowest BCUT2D eigenvalue weighted by Gasteiger charge is -2.13. The molecule has 0 aromatic heterocycles. The molecule has 0 saturated carbocycles. The number of carbonyl (C=O) groups excluding carboxylic acids is 2. The fourth-order valence-electron chi connectivity index (χ4n) is 1.77. The average Bonchev–Trinajstić information content (AvgIpc) is 2.47. The van der Waals surface area contributed by atoms with Gasteiger partial charge in [0.2, 0.25) is 0 Å². The van der Waals surface area contributed by atoms with E-state index in [2.05, 4.69) is 11.9 Å². The lowest BCUT2D eigenvalue weighted by Crippen LogP contribution is -2.36. The van der Waals surface area contributed by atoms with Crippen molar-refractivity contribution in [3.05, 3.63) is 48.0 Å². The van der Waals surface area contributed by atoms with Crippen LogP contribution in [0.5, 0.6) is 0 Å². The Morgan fingerprint density at radius 2 is 2.20 bits per heavy atom. The van der Waals surface area contributed by atoms with Gasteiger partial charge >= 0.3 is 0 Å². The van der Waals surface area contributed by atoms with Gasteiger partial charge in [-0.2, -0.15) is 0 Å². The van der Waals surface area contributed by atoms with Crippen LogP contribution in [-0.2, 0) is 16.1 Å². The van der Waals surface area contributed by atoms with Gasteiger partial charge in [-0.15, -0.1) is 6.58 Å². The predicted molar refractivity (Wildman–Crippen MR) is 78.5 cm³/mol. The van der Waals surface area contributed by atoms with Gasteiger partial charge in [-0.25, -0.2) is 0 Å². The van der Waals surface area contributed by atoms with Crippen LogP contribution in [-0.4, -0.2) is 24.8 Å². The number of hydrogen-bond donors (Lipinski definition) is 1. The third-order valence-corrected chi connectivity index (χ3v) is 2.77. The van der Waals surface area contributed by atoms with Gasteiger partial charge in [0.15, 0.2) is 0 Å². The van der Waals surface area contributed by atoms with Crippen molar-refractivity contribution in [1.82, 2.24) is 5.32 Å². The van der Waals surface area contributed by atoms with E-state index in [1.807, 2.05) is 19.1 Å². The van der Waals surface area contributed by atoms with E-state index in [0.29, 0.717) is 25.2 Å². The molecule has 0 fully saturated rings. The number of nitrogens with one attached hydrogen (secondary N) is 1. The molecule has 4 nitrogen and oxygen atoms in total. The maximum Gasteiger partial charge on any atom is 0.252 e. The van der Waals surface area contributed by atoms with Gasteiger partial charge in [-0.3, -0.25) is 4.79 Å². The number of amides is 1. The quantitative estimate of drug-likeness (QED) is 0.428. The summed E-state index contributed by atoms with van der Waals surface area (Å²) in [6, 6.07) is 6.71. The van der Waals surface area contributed by atoms with Gasteiger partial charge in [0.25, 0.3) is 5.91 Å². The molecule has 0 bridgehead atoms. The van der Waals surface area contributed by atoms with Gasteiger partial charge in [0.05, 0.1) is 12.6 Å². The maximum atomic E-state index is 12.2. The summed E-state index contributed by atoms with van der Waals surface area (Å²) in [6.07, 6.45) is 3.68. The Kier molecular flexibility index (Phi) is 7.29. The Labute approximate surface area is 119 Å². The molecule has 0 spiro atoms. The Bertz CT molecular complexity index is 457. The van der Waals surface area contributed by atoms with E-state index < -0.39 is 6.04 Å². The second-order valence-electron chi connectivity index (χ2n) is 4.45. The minimum Gasteiger partial charge on any atom is -0.377 e. The highest BCUT2D eigenvalue weighted by atomic mass is 16.5. The average molecular weight is 275 g/mol. The SMILES string of the molecule is C=CC[C@@H](C=O)NC(=O)c1ccccc1COCCC. The van der Waals surface area contributed by atoms with Crippen molar-refractivity contribution in [2.75, 3.05) is 6.61 Å². The number of carbonyl (C=O) groups is 2. The molecule has 0 aliphatic carbocycles. The number of benzene rings is 1. The van der Waals surface area contributed by atoms with Gasteiger partial charge in [0, 0.05) is 12.2 Å². The first kappa shape index (κ1) is 16.1. The topological polar surface area (TPSA) is 55.4 Å². The molecule has 0 radical (unpaired) electrons. The van der Waals surface area contributed by atoms with Gasteiger partial charge < -0.3 is 14.8 Å².